The number of fused-ring (bicyclic) bond motifs is 1. The van der Waals surface area contributed by atoms with Crippen LogP contribution in [0.25, 0.3) is 0 Å². The molecule has 62 valence electrons. The highest BCUT2D eigenvalue weighted by Crippen LogP contribution is 2.10. The van der Waals surface area contributed by atoms with E-state index in [9.17, 15) is 4.79 Å². The third-order valence-electron chi connectivity index (χ3n) is 2.38. The van der Waals surface area contributed by atoms with Crippen LogP contribution in [-0.4, -0.2) is 31.2 Å². The van der Waals surface area contributed by atoms with Crippen molar-refractivity contribution in [1.82, 2.24) is 16.0 Å². The largest absolute Gasteiger partial charge is 0.333 e. The van der Waals surface area contributed by atoms with E-state index >= 15 is 0 Å². The Labute approximate surface area is 65.7 Å². The van der Waals surface area contributed by atoms with Gasteiger partial charge in [0.1, 0.15) is 0 Å². The molecule has 4 heteroatoms. The molecule has 2 aliphatic heterocycles. The van der Waals surface area contributed by atoms with Gasteiger partial charge in [-0.15, -0.1) is 0 Å². The molecule has 2 heterocycles. The number of hydrogen-bond acceptors (Lipinski definition) is 2. The van der Waals surface area contributed by atoms with Crippen LogP contribution in [0.5, 0.6) is 0 Å². The molecule has 0 saturated carbocycles. The summed E-state index contributed by atoms with van der Waals surface area (Å²) >= 11 is 0. The lowest BCUT2D eigenvalue weighted by atomic mass is 10.1. The summed E-state index contributed by atoms with van der Waals surface area (Å²) < 4.78 is 0. The van der Waals surface area contributed by atoms with Gasteiger partial charge in [-0.25, -0.2) is 4.79 Å². The number of amides is 2. The Morgan fingerprint density at radius 1 is 1.09 bits per heavy atom. The summed E-state index contributed by atoms with van der Waals surface area (Å²) in [5.74, 6) is 0. The maximum atomic E-state index is 10.9. The van der Waals surface area contributed by atoms with Gasteiger partial charge in [0.25, 0.3) is 0 Å². The third-order valence-corrected chi connectivity index (χ3v) is 2.38. The average Bonchev–Trinajstić information content (AvgIpc) is 2.17. The number of carbonyl (C=O) groups is 1. The second-order valence-corrected chi connectivity index (χ2v) is 3.16. The molecule has 0 spiro atoms. The molecule has 0 aromatic carbocycles. The minimum absolute atomic E-state index is 0.00176. The molecule has 2 saturated heterocycles. The molecule has 2 aliphatic rings. The van der Waals surface area contributed by atoms with E-state index in [1.54, 1.807) is 0 Å². The van der Waals surface area contributed by atoms with Gasteiger partial charge in [-0.2, -0.15) is 0 Å². The Balaban J connectivity index is 2.01. The fourth-order valence-corrected chi connectivity index (χ4v) is 1.77. The summed E-state index contributed by atoms with van der Waals surface area (Å²) in [6, 6.07) is 0.719. The fraction of sp³-hybridized carbons (Fsp3) is 0.857. The maximum Gasteiger partial charge on any atom is 0.315 e. The Kier molecular flexibility index (Phi) is 1.69. The summed E-state index contributed by atoms with van der Waals surface area (Å²) in [7, 11) is 0. The van der Waals surface area contributed by atoms with E-state index in [2.05, 4.69) is 16.0 Å². The molecular formula is C7H13N3O. The van der Waals surface area contributed by atoms with E-state index in [4.69, 9.17) is 0 Å². The summed E-state index contributed by atoms with van der Waals surface area (Å²) in [6.07, 6.45) is 2.09. The number of carbonyl (C=O) groups excluding carboxylic acids is 1. The molecule has 11 heavy (non-hydrogen) atoms. The molecule has 0 aromatic rings. The van der Waals surface area contributed by atoms with Gasteiger partial charge in [0.2, 0.25) is 0 Å². The van der Waals surface area contributed by atoms with Crippen LogP contribution in [0, 0.1) is 0 Å². The first-order valence-electron chi connectivity index (χ1n) is 4.14. The standard InChI is InChI=1S/C7H13N3O/c11-7-9-5-1-3-8-4-2-6(5)10-7/h5-6,8H,1-4H2,(H2,9,10,11). The summed E-state index contributed by atoms with van der Waals surface area (Å²) in [6.45, 7) is 2.03. The number of urea groups is 1. The van der Waals surface area contributed by atoms with E-state index in [1.165, 1.54) is 0 Å². The lowest BCUT2D eigenvalue weighted by molar-refractivity contribution is 0.246. The summed E-state index contributed by atoms with van der Waals surface area (Å²) in [5, 5.41) is 9.11. The fourth-order valence-electron chi connectivity index (χ4n) is 1.77. The predicted octanol–water partition coefficient (Wildman–Crippen LogP) is -0.580. The molecule has 0 radical (unpaired) electrons. The van der Waals surface area contributed by atoms with Gasteiger partial charge in [0, 0.05) is 0 Å². The van der Waals surface area contributed by atoms with Gasteiger partial charge in [0.15, 0.2) is 0 Å². The third kappa shape index (κ3) is 1.30. The van der Waals surface area contributed by atoms with E-state index < -0.39 is 0 Å². The SMILES string of the molecule is O=C1NC2CCNCCC2N1. The van der Waals surface area contributed by atoms with Crippen molar-refractivity contribution in [2.24, 2.45) is 0 Å². The van der Waals surface area contributed by atoms with Crippen molar-refractivity contribution >= 4 is 6.03 Å². The Morgan fingerprint density at radius 3 is 2.18 bits per heavy atom. The zero-order valence-corrected chi connectivity index (χ0v) is 6.39. The van der Waals surface area contributed by atoms with Crippen molar-refractivity contribution in [3.8, 4) is 0 Å². The second-order valence-electron chi connectivity index (χ2n) is 3.16. The zero-order chi connectivity index (χ0) is 7.68. The zero-order valence-electron chi connectivity index (χ0n) is 6.39. The molecule has 4 nitrogen and oxygen atoms in total. The van der Waals surface area contributed by atoms with Gasteiger partial charge in [-0.3, -0.25) is 0 Å². The molecule has 0 aromatic heterocycles. The molecule has 3 N–H and O–H groups in total. The lowest BCUT2D eigenvalue weighted by Crippen LogP contribution is -2.32. The van der Waals surface area contributed by atoms with Crippen molar-refractivity contribution in [1.29, 1.82) is 0 Å². The monoisotopic (exact) mass is 155 g/mol. The van der Waals surface area contributed by atoms with Crippen LogP contribution in [0.4, 0.5) is 4.79 Å². The van der Waals surface area contributed by atoms with E-state index in [0.717, 1.165) is 25.9 Å². The van der Waals surface area contributed by atoms with Crippen molar-refractivity contribution in [2.75, 3.05) is 13.1 Å². The van der Waals surface area contributed by atoms with Crippen LogP contribution in [-0.2, 0) is 0 Å². The molecular weight excluding hydrogens is 142 g/mol. The average molecular weight is 155 g/mol. The Hall–Kier alpha value is -0.770. The van der Waals surface area contributed by atoms with Crippen molar-refractivity contribution < 1.29 is 4.79 Å². The highest BCUT2D eigenvalue weighted by molar-refractivity contribution is 5.77. The molecule has 0 aliphatic carbocycles. The predicted molar refractivity (Wildman–Crippen MR) is 41.3 cm³/mol. The lowest BCUT2D eigenvalue weighted by Gasteiger charge is -2.12. The maximum absolute atomic E-state index is 10.9. The minimum Gasteiger partial charge on any atom is -0.333 e. The number of nitrogens with one attached hydrogen (secondary N) is 3. The van der Waals surface area contributed by atoms with E-state index in [1.807, 2.05) is 0 Å². The molecule has 2 rings (SSSR count). The first-order chi connectivity index (χ1) is 5.36. The Bertz CT molecular complexity index is 155. The second kappa shape index (κ2) is 2.70. The quantitative estimate of drug-likeness (QED) is 0.438. The summed E-state index contributed by atoms with van der Waals surface area (Å²) in [5.41, 5.74) is 0. The minimum atomic E-state index is 0.00176. The van der Waals surface area contributed by atoms with E-state index in [0.29, 0.717) is 12.1 Å². The van der Waals surface area contributed by atoms with Crippen LogP contribution in [0.2, 0.25) is 0 Å². The van der Waals surface area contributed by atoms with Gasteiger partial charge in [0.05, 0.1) is 12.1 Å². The van der Waals surface area contributed by atoms with Gasteiger partial charge < -0.3 is 16.0 Å². The first-order valence-corrected chi connectivity index (χ1v) is 4.14. The summed E-state index contributed by atoms with van der Waals surface area (Å²) in [4.78, 5) is 10.9. The smallest absolute Gasteiger partial charge is 0.315 e. The van der Waals surface area contributed by atoms with Crippen LogP contribution < -0.4 is 16.0 Å². The van der Waals surface area contributed by atoms with Crippen molar-refractivity contribution in [3.05, 3.63) is 0 Å². The number of rotatable bonds is 0. The van der Waals surface area contributed by atoms with Gasteiger partial charge >= 0.3 is 6.03 Å². The van der Waals surface area contributed by atoms with E-state index in [-0.39, 0.29) is 6.03 Å². The van der Waals surface area contributed by atoms with Crippen LogP contribution in [0.1, 0.15) is 12.8 Å². The van der Waals surface area contributed by atoms with Crippen LogP contribution >= 0.6 is 0 Å². The van der Waals surface area contributed by atoms with Gasteiger partial charge in [-0.1, -0.05) is 0 Å². The van der Waals surface area contributed by atoms with Crippen LogP contribution in [0.15, 0.2) is 0 Å². The van der Waals surface area contributed by atoms with Crippen molar-refractivity contribution in [3.63, 3.8) is 0 Å². The van der Waals surface area contributed by atoms with Gasteiger partial charge in [-0.05, 0) is 25.9 Å². The molecule has 2 amide bonds. The van der Waals surface area contributed by atoms with Crippen LogP contribution in [0.3, 0.4) is 0 Å². The molecule has 2 atom stereocenters. The molecule has 2 fully saturated rings. The highest BCUT2D eigenvalue weighted by Gasteiger charge is 2.31. The normalized spacial score (nSPS) is 36.9. The number of hydrogen-bond donors (Lipinski definition) is 3. The molecule has 2 unspecified atom stereocenters. The first kappa shape index (κ1) is 6.91. The van der Waals surface area contributed by atoms with Crippen molar-refractivity contribution in [2.45, 2.75) is 24.9 Å². The topological polar surface area (TPSA) is 53.2 Å². The Morgan fingerprint density at radius 2 is 1.64 bits per heavy atom. The highest BCUT2D eigenvalue weighted by atomic mass is 16.2. The molecule has 0 bridgehead atoms.